The fraction of sp³-hybridized carbons (Fsp3) is 0.118. The first-order valence-corrected chi connectivity index (χ1v) is 8.57. The maximum Gasteiger partial charge on any atom is 0.0979 e. The van der Waals surface area contributed by atoms with Gasteiger partial charge in [-0.2, -0.15) is 0 Å². The average Bonchev–Trinajstić information content (AvgIpc) is 2.80. The summed E-state index contributed by atoms with van der Waals surface area (Å²) in [6.07, 6.45) is 0.822. The molecule has 1 aromatic heterocycles. The van der Waals surface area contributed by atoms with Gasteiger partial charge in [-0.1, -0.05) is 51.8 Å². The van der Waals surface area contributed by atoms with Crippen molar-refractivity contribution < 1.29 is 0 Å². The lowest BCUT2D eigenvalue weighted by Gasteiger charge is -1.99. The molecule has 0 saturated carbocycles. The summed E-state index contributed by atoms with van der Waals surface area (Å²) in [6, 6.07) is 16.2. The Morgan fingerprint density at radius 3 is 2.62 bits per heavy atom. The van der Waals surface area contributed by atoms with Crippen LogP contribution in [0.25, 0.3) is 11.3 Å². The Bertz CT molecular complexity index is 765. The second kappa shape index (κ2) is 6.30. The molecule has 0 fully saturated rings. The van der Waals surface area contributed by atoms with Gasteiger partial charge >= 0.3 is 0 Å². The van der Waals surface area contributed by atoms with Crippen LogP contribution in [0.4, 0.5) is 0 Å². The van der Waals surface area contributed by atoms with Crippen molar-refractivity contribution in [1.29, 1.82) is 0 Å². The summed E-state index contributed by atoms with van der Waals surface area (Å²) in [5.41, 5.74) is 3.42. The number of hydrogen-bond acceptors (Lipinski definition) is 2. The second-order valence-electron chi connectivity index (χ2n) is 4.83. The van der Waals surface area contributed by atoms with Crippen molar-refractivity contribution in [2.45, 2.75) is 13.3 Å². The Kier molecular flexibility index (Phi) is 4.43. The lowest BCUT2D eigenvalue weighted by molar-refractivity contribution is 1.14. The van der Waals surface area contributed by atoms with Crippen molar-refractivity contribution >= 4 is 38.9 Å². The molecule has 0 amide bonds. The van der Waals surface area contributed by atoms with E-state index in [9.17, 15) is 0 Å². The standard InChI is InChI=1S/C17H13BrClNS/c1-11-17(13-5-7-14(18)8-6-13)20-16(21-11)10-12-3-2-4-15(19)9-12/h2-9H,10H2,1H3. The van der Waals surface area contributed by atoms with E-state index in [0.717, 1.165) is 32.2 Å². The smallest absolute Gasteiger partial charge is 0.0979 e. The van der Waals surface area contributed by atoms with Crippen LogP contribution in [-0.2, 0) is 6.42 Å². The topological polar surface area (TPSA) is 12.9 Å². The molecule has 0 aliphatic heterocycles. The van der Waals surface area contributed by atoms with Crippen molar-refractivity contribution in [3.63, 3.8) is 0 Å². The van der Waals surface area contributed by atoms with Crippen LogP contribution in [-0.4, -0.2) is 4.98 Å². The number of aromatic nitrogens is 1. The third kappa shape index (κ3) is 3.54. The Balaban J connectivity index is 1.89. The second-order valence-corrected chi connectivity index (χ2v) is 7.47. The quantitative estimate of drug-likeness (QED) is 0.534. The number of thiazole rings is 1. The summed E-state index contributed by atoms with van der Waals surface area (Å²) in [7, 11) is 0. The fourth-order valence-electron chi connectivity index (χ4n) is 2.22. The predicted octanol–water partition coefficient (Wildman–Crippen LogP) is 6.13. The van der Waals surface area contributed by atoms with Gasteiger partial charge in [0.25, 0.3) is 0 Å². The number of hydrogen-bond donors (Lipinski definition) is 0. The van der Waals surface area contributed by atoms with Gasteiger partial charge in [-0.15, -0.1) is 11.3 Å². The molecule has 3 rings (SSSR count). The summed E-state index contributed by atoms with van der Waals surface area (Å²) in [4.78, 5) is 6.04. The van der Waals surface area contributed by atoms with Gasteiger partial charge in [0.15, 0.2) is 0 Å². The van der Waals surface area contributed by atoms with Gasteiger partial charge in [0.1, 0.15) is 0 Å². The largest absolute Gasteiger partial charge is 0.241 e. The first kappa shape index (κ1) is 14.8. The predicted molar refractivity (Wildman–Crippen MR) is 94.2 cm³/mol. The highest BCUT2D eigenvalue weighted by Gasteiger charge is 2.10. The number of aryl methyl sites for hydroxylation is 1. The van der Waals surface area contributed by atoms with Crippen molar-refractivity contribution in [3.05, 3.63) is 73.5 Å². The molecular formula is C17H13BrClNS. The molecule has 4 heteroatoms. The molecule has 0 bridgehead atoms. The summed E-state index contributed by atoms with van der Waals surface area (Å²) in [5.74, 6) is 0. The molecule has 1 heterocycles. The molecule has 0 aliphatic rings. The van der Waals surface area contributed by atoms with Gasteiger partial charge in [0, 0.05) is 26.4 Å². The van der Waals surface area contributed by atoms with Gasteiger partial charge in [-0.05, 0) is 36.8 Å². The summed E-state index contributed by atoms with van der Waals surface area (Å²) < 4.78 is 1.08. The SMILES string of the molecule is Cc1sc(Cc2cccc(Cl)c2)nc1-c1ccc(Br)cc1. The molecule has 2 aromatic carbocycles. The third-order valence-corrected chi connectivity index (χ3v) is 4.94. The molecule has 21 heavy (non-hydrogen) atoms. The van der Waals surface area contributed by atoms with Gasteiger partial charge in [-0.3, -0.25) is 0 Å². The van der Waals surface area contributed by atoms with Crippen molar-refractivity contribution in [3.8, 4) is 11.3 Å². The molecule has 0 saturated heterocycles. The Morgan fingerprint density at radius 2 is 1.90 bits per heavy atom. The zero-order valence-corrected chi connectivity index (χ0v) is 14.6. The molecule has 3 aromatic rings. The van der Waals surface area contributed by atoms with Crippen LogP contribution in [0.1, 0.15) is 15.4 Å². The van der Waals surface area contributed by atoms with Crippen LogP contribution in [0, 0.1) is 6.92 Å². The van der Waals surface area contributed by atoms with E-state index in [1.807, 2.05) is 30.3 Å². The van der Waals surface area contributed by atoms with Crippen LogP contribution in [0.5, 0.6) is 0 Å². The van der Waals surface area contributed by atoms with Crippen LogP contribution < -0.4 is 0 Å². The zero-order valence-electron chi connectivity index (χ0n) is 11.4. The number of halogens is 2. The lowest BCUT2D eigenvalue weighted by Crippen LogP contribution is -1.87. The molecule has 0 N–H and O–H groups in total. The van der Waals surface area contributed by atoms with Gasteiger partial charge in [0.05, 0.1) is 10.7 Å². The normalized spacial score (nSPS) is 10.8. The van der Waals surface area contributed by atoms with E-state index in [1.165, 1.54) is 10.4 Å². The van der Waals surface area contributed by atoms with Gasteiger partial charge in [-0.25, -0.2) is 4.98 Å². The van der Waals surface area contributed by atoms with E-state index in [0.29, 0.717) is 0 Å². The Morgan fingerprint density at radius 1 is 1.14 bits per heavy atom. The van der Waals surface area contributed by atoms with Crippen LogP contribution in [0.15, 0.2) is 53.0 Å². The minimum Gasteiger partial charge on any atom is -0.241 e. The fourth-order valence-corrected chi connectivity index (χ4v) is 3.69. The summed E-state index contributed by atoms with van der Waals surface area (Å²) in [6.45, 7) is 2.12. The van der Waals surface area contributed by atoms with Crippen molar-refractivity contribution in [1.82, 2.24) is 4.98 Å². The monoisotopic (exact) mass is 377 g/mol. The number of rotatable bonds is 3. The molecule has 0 atom stereocenters. The average molecular weight is 379 g/mol. The Labute approximate surface area is 141 Å². The molecule has 0 aliphatic carbocycles. The highest BCUT2D eigenvalue weighted by atomic mass is 79.9. The first-order valence-electron chi connectivity index (χ1n) is 6.58. The van der Waals surface area contributed by atoms with Crippen molar-refractivity contribution in [2.24, 2.45) is 0 Å². The van der Waals surface area contributed by atoms with E-state index in [4.69, 9.17) is 16.6 Å². The number of benzene rings is 2. The highest BCUT2D eigenvalue weighted by Crippen LogP contribution is 2.29. The van der Waals surface area contributed by atoms with Gasteiger partial charge < -0.3 is 0 Å². The van der Waals surface area contributed by atoms with Crippen molar-refractivity contribution in [2.75, 3.05) is 0 Å². The molecule has 106 valence electrons. The minimum absolute atomic E-state index is 0.772. The first-order chi connectivity index (χ1) is 10.1. The molecule has 1 nitrogen and oxygen atoms in total. The van der Waals surface area contributed by atoms with E-state index in [1.54, 1.807) is 11.3 Å². The third-order valence-electron chi connectivity index (χ3n) is 3.20. The highest BCUT2D eigenvalue weighted by molar-refractivity contribution is 9.10. The number of nitrogens with zero attached hydrogens (tertiary/aromatic N) is 1. The van der Waals surface area contributed by atoms with Crippen LogP contribution >= 0.6 is 38.9 Å². The molecule has 0 spiro atoms. The maximum absolute atomic E-state index is 6.04. The van der Waals surface area contributed by atoms with E-state index < -0.39 is 0 Å². The lowest BCUT2D eigenvalue weighted by atomic mass is 10.1. The molecular weight excluding hydrogens is 366 g/mol. The zero-order chi connectivity index (χ0) is 14.8. The molecule has 0 radical (unpaired) electrons. The summed E-state index contributed by atoms with van der Waals surface area (Å²) in [5, 5.41) is 1.89. The minimum atomic E-state index is 0.772. The van der Waals surface area contributed by atoms with Gasteiger partial charge in [0.2, 0.25) is 0 Å². The Hall–Kier alpha value is -1.16. The van der Waals surface area contributed by atoms with E-state index in [-0.39, 0.29) is 0 Å². The van der Waals surface area contributed by atoms with Crippen LogP contribution in [0.2, 0.25) is 5.02 Å². The molecule has 0 unspecified atom stereocenters. The van der Waals surface area contributed by atoms with E-state index >= 15 is 0 Å². The van der Waals surface area contributed by atoms with E-state index in [2.05, 4.69) is 41.1 Å². The van der Waals surface area contributed by atoms with Crippen LogP contribution in [0.3, 0.4) is 0 Å². The summed E-state index contributed by atoms with van der Waals surface area (Å²) >= 11 is 11.2. The maximum atomic E-state index is 6.04.